The van der Waals surface area contributed by atoms with Crippen molar-refractivity contribution in [3.63, 3.8) is 0 Å². The van der Waals surface area contributed by atoms with Gasteiger partial charge in [0, 0.05) is 5.69 Å². The Balaban J connectivity index is 2.44. The van der Waals surface area contributed by atoms with E-state index in [1.54, 1.807) is 6.08 Å². The number of nitrogens with one attached hydrogen (secondary N) is 2. The van der Waals surface area contributed by atoms with Crippen molar-refractivity contribution in [1.82, 2.24) is 5.48 Å². The molecule has 0 radical (unpaired) electrons. The quantitative estimate of drug-likeness (QED) is 0.451. The van der Waals surface area contributed by atoms with E-state index in [1.165, 1.54) is 0 Å². The van der Waals surface area contributed by atoms with Gasteiger partial charge in [-0.2, -0.15) is 0 Å². The van der Waals surface area contributed by atoms with Crippen LogP contribution in [-0.4, -0.2) is 12.6 Å². The second-order valence-corrected chi connectivity index (χ2v) is 2.97. The van der Waals surface area contributed by atoms with E-state index < -0.39 is 6.03 Å². The first kappa shape index (κ1) is 11.3. The Kier molecular flexibility index (Phi) is 4.37. The van der Waals surface area contributed by atoms with E-state index in [-0.39, 0.29) is 6.61 Å². The molecule has 1 aromatic carbocycles. The number of carbonyl (C=O) groups excluding carboxylic acids is 1. The monoisotopic (exact) mass is 206 g/mol. The number of benzene rings is 1. The van der Waals surface area contributed by atoms with Gasteiger partial charge in [-0.15, -0.1) is 6.58 Å². The Morgan fingerprint density at radius 3 is 2.93 bits per heavy atom. The van der Waals surface area contributed by atoms with Gasteiger partial charge in [0.25, 0.3) is 0 Å². The van der Waals surface area contributed by atoms with Gasteiger partial charge >= 0.3 is 6.03 Å². The molecule has 0 atom stereocenters. The second-order valence-electron chi connectivity index (χ2n) is 2.97. The molecule has 0 fully saturated rings. The Morgan fingerprint density at radius 1 is 1.53 bits per heavy atom. The lowest BCUT2D eigenvalue weighted by Crippen LogP contribution is -2.29. The van der Waals surface area contributed by atoms with Crippen molar-refractivity contribution in [3.8, 4) is 0 Å². The van der Waals surface area contributed by atoms with Crippen LogP contribution in [0.2, 0.25) is 0 Å². The summed E-state index contributed by atoms with van der Waals surface area (Å²) in [5.74, 6) is 0. The minimum Gasteiger partial charge on any atom is -0.306 e. The lowest BCUT2D eigenvalue weighted by Gasteiger charge is -2.08. The highest BCUT2D eigenvalue weighted by Crippen LogP contribution is 2.12. The van der Waals surface area contributed by atoms with Crippen LogP contribution in [-0.2, 0) is 4.84 Å². The zero-order valence-electron chi connectivity index (χ0n) is 8.62. The fourth-order valence-electron chi connectivity index (χ4n) is 1.03. The molecule has 0 saturated heterocycles. The molecule has 80 valence electrons. The molecule has 2 N–H and O–H groups in total. The van der Waals surface area contributed by atoms with Crippen LogP contribution in [0.4, 0.5) is 10.5 Å². The van der Waals surface area contributed by atoms with Gasteiger partial charge in [-0.05, 0) is 18.6 Å². The highest BCUT2D eigenvalue weighted by Gasteiger charge is 2.02. The van der Waals surface area contributed by atoms with Crippen molar-refractivity contribution in [2.45, 2.75) is 6.92 Å². The number of urea groups is 1. The molecular weight excluding hydrogens is 192 g/mol. The van der Waals surface area contributed by atoms with E-state index in [0.717, 1.165) is 11.3 Å². The summed E-state index contributed by atoms with van der Waals surface area (Å²) in [7, 11) is 0. The summed E-state index contributed by atoms with van der Waals surface area (Å²) in [5.41, 5.74) is 4.00. The predicted molar refractivity (Wildman–Crippen MR) is 59.5 cm³/mol. The molecule has 4 heteroatoms. The minimum absolute atomic E-state index is 0.279. The first-order valence-electron chi connectivity index (χ1n) is 4.59. The summed E-state index contributed by atoms with van der Waals surface area (Å²) in [6.07, 6.45) is 1.55. The summed E-state index contributed by atoms with van der Waals surface area (Å²) in [6, 6.07) is 7.11. The van der Waals surface area contributed by atoms with E-state index in [1.807, 2.05) is 31.2 Å². The molecule has 2 amide bonds. The third kappa shape index (κ3) is 3.83. The van der Waals surface area contributed by atoms with Gasteiger partial charge in [0.1, 0.15) is 0 Å². The molecule has 0 aromatic heterocycles. The van der Waals surface area contributed by atoms with Crippen LogP contribution in [0, 0.1) is 6.92 Å². The highest BCUT2D eigenvalue weighted by atomic mass is 16.7. The normalized spacial score (nSPS) is 9.40. The molecule has 0 bridgehead atoms. The molecule has 15 heavy (non-hydrogen) atoms. The van der Waals surface area contributed by atoms with Gasteiger partial charge in [-0.1, -0.05) is 24.3 Å². The van der Waals surface area contributed by atoms with Crippen LogP contribution in [0.25, 0.3) is 0 Å². The van der Waals surface area contributed by atoms with Crippen molar-refractivity contribution in [1.29, 1.82) is 0 Å². The maximum absolute atomic E-state index is 11.3. The Labute approximate surface area is 88.9 Å². The third-order valence-corrected chi connectivity index (χ3v) is 1.76. The fraction of sp³-hybridized carbons (Fsp3) is 0.182. The van der Waals surface area contributed by atoms with Gasteiger partial charge in [-0.25, -0.2) is 10.3 Å². The van der Waals surface area contributed by atoms with Crippen LogP contribution in [0.3, 0.4) is 0 Å². The standard InChI is InChI=1S/C11H14N2O2/c1-3-8-15-13-11(14)12-10-7-5-4-6-9(10)2/h3-7H,1,8H2,2H3,(H2,12,13,14). The summed E-state index contributed by atoms with van der Waals surface area (Å²) in [5, 5.41) is 2.66. The van der Waals surface area contributed by atoms with E-state index in [0.29, 0.717) is 0 Å². The summed E-state index contributed by atoms with van der Waals surface area (Å²) < 4.78 is 0. The Morgan fingerprint density at radius 2 is 2.27 bits per heavy atom. The minimum atomic E-state index is -0.397. The predicted octanol–water partition coefficient (Wildman–Crippen LogP) is 2.23. The number of amides is 2. The number of hydrogen-bond acceptors (Lipinski definition) is 2. The van der Waals surface area contributed by atoms with Gasteiger partial charge in [0.2, 0.25) is 0 Å². The zero-order valence-corrected chi connectivity index (χ0v) is 8.62. The van der Waals surface area contributed by atoms with Crippen LogP contribution < -0.4 is 10.8 Å². The Hall–Kier alpha value is -1.81. The molecule has 0 unspecified atom stereocenters. The average Bonchev–Trinajstić information content (AvgIpc) is 2.22. The van der Waals surface area contributed by atoms with Crippen molar-refractivity contribution in [2.24, 2.45) is 0 Å². The molecule has 0 aliphatic carbocycles. The lowest BCUT2D eigenvalue weighted by molar-refractivity contribution is 0.0872. The number of aryl methyl sites for hydroxylation is 1. The first-order chi connectivity index (χ1) is 7.24. The maximum atomic E-state index is 11.3. The Bertz CT molecular complexity index is 350. The molecule has 1 rings (SSSR count). The van der Waals surface area contributed by atoms with Gasteiger partial charge < -0.3 is 5.32 Å². The van der Waals surface area contributed by atoms with Crippen LogP contribution in [0.1, 0.15) is 5.56 Å². The molecule has 0 spiro atoms. The SMILES string of the molecule is C=CCONC(=O)Nc1ccccc1C. The molecule has 1 aromatic rings. The van der Waals surface area contributed by atoms with Crippen molar-refractivity contribution < 1.29 is 9.63 Å². The summed E-state index contributed by atoms with van der Waals surface area (Å²) in [6.45, 7) is 5.65. The number of carbonyl (C=O) groups is 1. The average molecular weight is 206 g/mol. The third-order valence-electron chi connectivity index (χ3n) is 1.76. The maximum Gasteiger partial charge on any atom is 0.343 e. The van der Waals surface area contributed by atoms with Gasteiger partial charge in [0.05, 0.1) is 6.61 Å². The topological polar surface area (TPSA) is 50.4 Å². The largest absolute Gasteiger partial charge is 0.343 e. The molecule has 4 nitrogen and oxygen atoms in total. The highest BCUT2D eigenvalue weighted by molar-refractivity contribution is 5.89. The van der Waals surface area contributed by atoms with Crippen LogP contribution in [0.15, 0.2) is 36.9 Å². The zero-order chi connectivity index (χ0) is 11.1. The molecule has 0 aliphatic heterocycles. The van der Waals surface area contributed by atoms with Gasteiger partial charge in [0.15, 0.2) is 0 Å². The summed E-state index contributed by atoms with van der Waals surface area (Å²) in [4.78, 5) is 16.0. The van der Waals surface area contributed by atoms with Crippen LogP contribution in [0.5, 0.6) is 0 Å². The van der Waals surface area contributed by atoms with E-state index in [9.17, 15) is 4.79 Å². The molecule has 0 aliphatic rings. The summed E-state index contributed by atoms with van der Waals surface area (Å²) >= 11 is 0. The number of hydroxylamine groups is 1. The van der Waals surface area contributed by atoms with E-state index in [4.69, 9.17) is 4.84 Å². The smallest absolute Gasteiger partial charge is 0.306 e. The first-order valence-corrected chi connectivity index (χ1v) is 4.59. The molecule has 0 heterocycles. The molecular formula is C11H14N2O2. The van der Waals surface area contributed by atoms with Crippen molar-refractivity contribution >= 4 is 11.7 Å². The van der Waals surface area contributed by atoms with Crippen LogP contribution >= 0.6 is 0 Å². The van der Waals surface area contributed by atoms with E-state index >= 15 is 0 Å². The number of rotatable bonds is 4. The molecule has 0 saturated carbocycles. The van der Waals surface area contributed by atoms with Crippen molar-refractivity contribution in [3.05, 3.63) is 42.5 Å². The van der Waals surface area contributed by atoms with E-state index in [2.05, 4.69) is 17.4 Å². The fourth-order valence-corrected chi connectivity index (χ4v) is 1.03. The second kappa shape index (κ2) is 5.82. The number of para-hydroxylation sites is 1. The lowest BCUT2D eigenvalue weighted by atomic mass is 10.2. The van der Waals surface area contributed by atoms with Crippen molar-refractivity contribution in [2.75, 3.05) is 11.9 Å². The van der Waals surface area contributed by atoms with Gasteiger partial charge in [-0.3, -0.25) is 4.84 Å². The number of hydrogen-bond donors (Lipinski definition) is 2. The number of anilines is 1.